The zero-order valence-electron chi connectivity index (χ0n) is 11.9. The molecule has 0 bridgehead atoms. The highest BCUT2D eigenvalue weighted by molar-refractivity contribution is 7.93. The minimum atomic E-state index is -3.75. The first kappa shape index (κ1) is 15.3. The third-order valence-electron chi connectivity index (χ3n) is 3.27. The number of rotatable bonds is 4. The van der Waals surface area contributed by atoms with Gasteiger partial charge >= 0.3 is 0 Å². The van der Waals surface area contributed by atoms with Crippen molar-refractivity contribution in [3.63, 3.8) is 0 Å². The van der Waals surface area contributed by atoms with E-state index in [-0.39, 0.29) is 17.2 Å². The largest absolute Gasteiger partial charge is 0.397 e. The van der Waals surface area contributed by atoms with Gasteiger partial charge in [-0.15, -0.1) is 0 Å². The summed E-state index contributed by atoms with van der Waals surface area (Å²) in [7, 11) is -3.75. The summed E-state index contributed by atoms with van der Waals surface area (Å²) in [5.74, 6) is 0. The fourth-order valence-corrected chi connectivity index (χ4v) is 3.54. The van der Waals surface area contributed by atoms with Crippen LogP contribution in [-0.2, 0) is 16.6 Å². The van der Waals surface area contributed by atoms with Gasteiger partial charge < -0.3 is 10.8 Å². The molecule has 0 saturated heterocycles. The maximum atomic E-state index is 12.5. The number of hydrogen-bond donors (Lipinski definition) is 3. The second-order valence-electron chi connectivity index (χ2n) is 4.90. The van der Waals surface area contributed by atoms with E-state index in [1.165, 1.54) is 0 Å². The Balaban J connectivity index is 2.41. The van der Waals surface area contributed by atoms with Gasteiger partial charge in [-0.25, -0.2) is 8.42 Å². The van der Waals surface area contributed by atoms with Crippen LogP contribution in [0.15, 0.2) is 41.3 Å². The van der Waals surface area contributed by atoms with E-state index in [1.54, 1.807) is 50.2 Å². The maximum Gasteiger partial charge on any atom is 0.264 e. The summed E-state index contributed by atoms with van der Waals surface area (Å²) in [5.41, 5.74) is 8.63. The van der Waals surface area contributed by atoms with E-state index in [1.807, 2.05) is 0 Å². The molecule has 6 heteroatoms. The number of aliphatic hydroxyl groups is 1. The topological polar surface area (TPSA) is 92.4 Å². The quantitative estimate of drug-likeness (QED) is 0.755. The fourth-order valence-electron chi connectivity index (χ4n) is 2.05. The summed E-state index contributed by atoms with van der Waals surface area (Å²) in [4.78, 5) is 0.105. The van der Waals surface area contributed by atoms with E-state index in [9.17, 15) is 8.42 Å². The van der Waals surface area contributed by atoms with E-state index in [2.05, 4.69) is 4.72 Å². The predicted molar refractivity (Wildman–Crippen MR) is 83.5 cm³/mol. The molecule has 21 heavy (non-hydrogen) atoms. The molecule has 2 aromatic carbocycles. The van der Waals surface area contributed by atoms with Gasteiger partial charge in [-0.05, 0) is 42.7 Å². The molecule has 112 valence electrons. The van der Waals surface area contributed by atoms with Gasteiger partial charge in [0.2, 0.25) is 0 Å². The lowest BCUT2D eigenvalue weighted by Crippen LogP contribution is -2.16. The SMILES string of the molecule is Cc1ccc(C)c(S(=O)(=O)Nc2ccc(CO)cc2)c1N. The zero-order valence-corrected chi connectivity index (χ0v) is 12.7. The molecule has 0 amide bonds. The van der Waals surface area contributed by atoms with Crippen LogP contribution in [0, 0.1) is 13.8 Å². The summed E-state index contributed by atoms with van der Waals surface area (Å²) in [5, 5.41) is 8.99. The number of hydrogen-bond acceptors (Lipinski definition) is 4. The molecule has 0 fully saturated rings. The van der Waals surface area contributed by atoms with Crippen molar-refractivity contribution in [2.24, 2.45) is 0 Å². The average Bonchev–Trinajstić information content (AvgIpc) is 2.43. The predicted octanol–water partition coefficient (Wildman–Crippen LogP) is 2.18. The number of aliphatic hydroxyl groups excluding tert-OH is 1. The molecule has 0 spiro atoms. The third kappa shape index (κ3) is 3.17. The Bertz CT molecular complexity index is 753. The van der Waals surface area contributed by atoms with Crippen LogP contribution in [0.4, 0.5) is 11.4 Å². The van der Waals surface area contributed by atoms with E-state index >= 15 is 0 Å². The second-order valence-corrected chi connectivity index (χ2v) is 6.52. The van der Waals surface area contributed by atoms with Crippen LogP contribution in [0.3, 0.4) is 0 Å². The van der Waals surface area contributed by atoms with Gasteiger partial charge in [-0.3, -0.25) is 4.72 Å². The Morgan fingerprint density at radius 3 is 2.19 bits per heavy atom. The molecule has 0 heterocycles. The molecule has 0 aliphatic heterocycles. The molecular weight excluding hydrogens is 288 g/mol. The van der Waals surface area contributed by atoms with E-state index in [0.717, 1.165) is 5.56 Å². The van der Waals surface area contributed by atoms with Gasteiger partial charge in [0.15, 0.2) is 0 Å². The molecule has 0 saturated carbocycles. The van der Waals surface area contributed by atoms with Gasteiger partial charge in [0, 0.05) is 5.69 Å². The summed E-state index contributed by atoms with van der Waals surface area (Å²) in [6, 6.07) is 10.0. The number of nitrogen functional groups attached to an aromatic ring is 1. The Labute approximate surface area is 124 Å². The van der Waals surface area contributed by atoms with Crippen LogP contribution in [0.5, 0.6) is 0 Å². The first-order valence-corrected chi connectivity index (χ1v) is 7.92. The number of benzene rings is 2. The standard InChI is InChI=1S/C15H18N2O3S/c1-10-3-4-11(2)15(14(10)16)21(19,20)17-13-7-5-12(9-18)6-8-13/h3-8,17-18H,9,16H2,1-2H3. The first-order valence-electron chi connectivity index (χ1n) is 6.43. The van der Waals surface area contributed by atoms with Gasteiger partial charge in [0.1, 0.15) is 4.90 Å². The second kappa shape index (κ2) is 5.75. The normalized spacial score (nSPS) is 11.4. The van der Waals surface area contributed by atoms with Crippen molar-refractivity contribution >= 4 is 21.4 Å². The van der Waals surface area contributed by atoms with Gasteiger partial charge in [0.05, 0.1) is 12.3 Å². The van der Waals surface area contributed by atoms with E-state index < -0.39 is 10.0 Å². The highest BCUT2D eigenvalue weighted by atomic mass is 32.2. The minimum absolute atomic E-state index is 0.0863. The highest BCUT2D eigenvalue weighted by Gasteiger charge is 2.21. The summed E-state index contributed by atoms with van der Waals surface area (Å²) in [6.45, 7) is 3.39. The number of aryl methyl sites for hydroxylation is 2. The monoisotopic (exact) mass is 306 g/mol. The van der Waals surface area contributed by atoms with Crippen LogP contribution in [0.2, 0.25) is 0 Å². The zero-order chi connectivity index (χ0) is 15.6. The van der Waals surface area contributed by atoms with E-state index in [4.69, 9.17) is 10.8 Å². The molecule has 0 radical (unpaired) electrons. The molecule has 0 atom stereocenters. The first-order chi connectivity index (χ1) is 9.85. The van der Waals surface area contributed by atoms with Crippen LogP contribution >= 0.6 is 0 Å². The Morgan fingerprint density at radius 1 is 1.05 bits per heavy atom. The van der Waals surface area contributed by atoms with Gasteiger partial charge in [0.25, 0.3) is 10.0 Å². The summed E-state index contributed by atoms with van der Waals surface area (Å²) in [6.07, 6.45) is 0. The van der Waals surface area contributed by atoms with Crippen LogP contribution in [0.25, 0.3) is 0 Å². The molecule has 2 rings (SSSR count). The molecular formula is C15H18N2O3S. The molecule has 4 N–H and O–H groups in total. The molecule has 0 unspecified atom stereocenters. The Hall–Kier alpha value is -2.05. The molecule has 0 aliphatic carbocycles. The lowest BCUT2D eigenvalue weighted by Gasteiger charge is -2.14. The lowest BCUT2D eigenvalue weighted by atomic mass is 10.1. The Morgan fingerprint density at radius 2 is 1.62 bits per heavy atom. The van der Waals surface area contributed by atoms with Crippen molar-refractivity contribution in [2.75, 3.05) is 10.5 Å². The number of sulfonamides is 1. The van der Waals surface area contributed by atoms with E-state index in [0.29, 0.717) is 16.8 Å². The molecule has 0 aliphatic rings. The van der Waals surface area contributed by atoms with Crippen molar-refractivity contribution in [2.45, 2.75) is 25.3 Å². The Kier molecular flexibility index (Phi) is 4.20. The molecule has 5 nitrogen and oxygen atoms in total. The highest BCUT2D eigenvalue weighted by Crippen LogP contribution is 2.27. The van der Waals surface area contributed by atoms with Crippen molar-refractivity contribution in [3.8, 4) is 0 Å². The van der Waals surface area contributed by atoms with Gasteiger partial charge in [-0.1, -0.05) is 24.3 Å². The summed E-state index contributed by atoms with van der Waals surface area (Å²) < 4.78 is 27.5. The van der Waals surface area contributed by atoms with Crippen LogP contribution in [0.1, 0.15) is 16.7 Å². The number of nitrogens with two attached hydrogens (primary N) is 1. The van der Waals surface area contributed by atoms with Crippen LogP contribution in [-0.4, -0.2) is 13.5 Å². The van der Waals surface area contributed by atoms with Crippen molar-refractivity contribution in [3.05, 3.63) is 53.1 Å². The van der Waals surface area contributed by atoms with Gasteiger partial charge in [-0.2, -0.15) is 0 Å². The lowest BCUT2D eigenvalue weighted by molar-refractivity contribution is 0.282. The molecule has 0 aromatic heterocycles. The molecule has 2 aromatic rings. The average molecular weight is 306 g/mol. The van der Waals surface area contributed by atoms with Crippen molar-refractivity contribution < 1.29 is 13.5 Å². The maximum absolute atomic E-state index is 12.5. The van der Waals surface area contributed by atoms with Crippen molar-refractivity contribution in [1.29, 1.82) is 0 Å². The number of anilines is 2. The minimum Gasteiger partial charge on any atom is -0.397 e. The van der Waals surface area contributed by atoms with Crippen LogP contribution < -0.4 is 10.5 Å². The summed E-state index contributed by atoms with van der Waals surface area (Å²) >= 11 is 0. The number of nitrogens with one attached hydrogen (secondary N) is 1. The van der Waals surface area contributed by atoms with Crippen molar-refractivity contribution in [1.82, 2.24) is 0 Å². The smallest absolute Gasteiger partial charge is 0.264 e. The fraction of sp³-hybridized carbons (Fsp3) is 0.200. The third-order valence-corrected chi connectivity index (χ3v) is 4.85.